The second-order valence-corrected chi connectivity index (χ2v) is 4.73. The fraction of sp³-hybridized carbons (Fsp3) is 0.462. The Kier molecular flexibility index (Phi) is 2.22. The van der Waals surface area contributed by atoms with Crippen LogP contribution in [0.1, 0.15) is 35.1 Å². The number of hydrogen-bond donors (Lipinski definition) is 2. The largest absolute Gasteiger partial charge is 0.507 e. The Morgan fingerprint density at radius 1 is 1.25 bits per heavy atom. The lowest BCUT2D eigenvalue weighted by atomic mass is 9.87. The fourth-order valence-electron chi connectivity index (χ4n) is 2.29. The molecule has 0 bridgehead atoms. The van der Waals surface area contributed by atoms with E-state index in [9.17, 15) is 15.0 Å². The number of carbonyl (C=O) groups is 1. The van der Waals surface area contributed by atoms with Gasteiger partial charge in [-0.2, -0.15) is 0 Å². The summed E-state index contributed by atoms with van der Waals surface area (Å²) in [6, 6.07) is 1.82. The van der Waals surface area contributed by atoms with E-state index in [4.69, 9.17) is 0 Å². The summed E-state index contributed by atoms with van der Waals surface area (Å²) in [7, 11) is 0. The molecular weight excluding hydrogens is 204 g/mol. The molecule has 0 spiro atoms. The molecule has 0 radical (unpaired) electrons. The summed E-state index contributed by atoms with van der Waals surface area (Å²) in [5, 5.41) is 19.1. The molecule has 3 nitrogen and oxygen atoms in total. The van der Waals surface area contributed by atoms with Gasteiger partial charge in [-0.15, -0.1) is 0 Å². The predicted octanol–water partition coefficient (Wildman–Crippen LogP) is 2.43. The van der Waals surface area contributed by atoms with Crippen molar-refractivity contribution in [2.24, 2.45) is 0 Å². The van der Waals surface area contributed by atoms with Crippen LogP contribution in [-0.4, -0.2) is 16.2 Å². The van der Waals surface area contributed by atoms with Crippen molar-refractivity contribution in [1.29, 1.82) is 0 Å². The van der Waals surface area contributed by atoms with Crippen molar-refractivity contribution in [2.75, 3.05) is 0 Å². The first kappa shape index (κ1) is 11.0. The summed E-state index contributed by atoms with van der Waals surface area (Å²) >= 11 is 0. The molecule has 1 aliphatic carbocycles. The number of carboxylic acid groups (broad SMARTS) is 1. The topological polar surface area (TPSA) is 57.5 Å². The number of aromatic hydroxyl groups is 1. The van der Waals surface area contributed by atoms with E-state index in [1.165, 1.54) is 0 Å². The van der Waals surface area contributed by atoms with E-state index < -0.39 is 11.4 Å². The van der Waals surface area contributed by atoms with Crippen molar-refractivity contribution in [2.45, 2.75) is 39.0 Å². The fourth-order valence-corrected chi connectivity index (χ4v) is 2.29. The quantitative estimate of drug-likeness (QED) is 0.804. The highest BCUT2D eigenvalue weighted by atomic mass is 16.4. The maximum absolute atomic E-state index is 11.3. The van der Waals surface area contributed by atoms with Gasteiger partial charge in [0.25, 0.3) is 0 Å². The first-order valence-corrected chi connectivity index (χ1v) is 5.44. The van der Waals surface area contributed by atoms with Gasteiger partial charge in [-0.05, 0) is 55.9 Å². The Hall–Kier alpha value is -1.51. The summed E-state index contributed by atoms with van der Waals surface area (Å²) in [5.74, 6) is -0.470. The molecule has 0 amide bonds. The third-order valence-electron chi connectivity index (χ3n) is 3.73. The summed E-state index contributed by atoms with van der Waals surface area (Å²) in [4.78, 5) is 11.3. The van der Waals surface area contributed by atoms with Crippen molar-refractivity contribution in [3.63, 3.8) is 0 Å². The Labute approximate surface area is 94.7 Å². The molecule has 0 aromatic heterocycles. The van der Waals surface area contributed by atoms with Crippen molar-refractivity contribution in [1.82, 2.24) is 0 Å². The summed E-state index contributed by atoms with van der Waals surface area (Å²) in [6.07, 6.45) is 1.40. The third kappa shape index (κ3) is 1.31. The van der Waals surface area contributed by atoms with Crippen LogP contribution in [0.25, 0.3) is 0 Å². The number of hydrogen-bond acceptors (Lipinski definition) is 2. The van der Waals surface area contributed by atoms with E-state index in [1.54, 1.807) is 0 Å². The smallest absolute Gasteiger partial charge is 0.314 e. The van der Waals surface area contributed by atoms with Gasteiger partial charge in [0.05, 0.1) is 5.41 Å². The van der Waals surface area contributed by atoms with Crippen molar-refractivity contribution in [3.05, 3.63) is 28.3 Å². The zero-order valence-corrected chi connectivity index (χ0v) is 9.79. The van der Waals surface area contributed by atoms with E-state index >= 15 is 0 Å². The van der Waals surface area contributed by atoms with Crippen LogP contribution in [-0.2, 0) is 10.2 Å². The molecular formula is C13H16O3. The van der Waals surface area contributed by atoms with Crippen LogP contribution in [0.5, 0.6) is 5.75 Å². The summed E-state index contributed by atoms with van der Waals surface area (Å²) < 4.78 is 0. The lowest BCUT2D eigenvalue weighted by Gasteiger charge is -2.18. The second-order valence-electron chi connectivity index (χ2n) is 4.73. The number of aryl methyl sites for hydroxylation is 1. The van der Waals surface area contributed by atoms with Crippen LogP contribution < -0.4 is 0 Å². The molecule has 1 fully saturated rings. The number of rotatable bonds is 2. The average Bonchev–Trinajstić information content (AvgIpc) is 3.01. The van der Waals surface area contributed by atoms with Gasteiger partial charge in [-0.3, -0.25) is 4.79 Å². The molecule has 0 saturated heterocycles. The minimum atomic E-state index is -0.750. The average molecular weight is 220 g/mol. The molecule has 0 aliphatic heterocycles. The van der Waals surface area contributed by atoms with Gasteiger partial charge in [0.2, 0.25) is 0 Å². The standard InChI is InChI=1S/C13H16O3/c1-7-6-10(8(2)9(3)11(7)14)13(4-5-13)12(15)16/h6,14H,4-5H2,1-3H3,(H,15,16). The van der Waals surface area contributed by atoms with E-state index in [2.05, 4.69) is 0 Å². The number of benzene rings is 1. The predicted molar refractivity (Wildman–Crippen MR) is 60.9 cm³/mol. The molecule has 1 aliphatic rings. The van der Waals surface area contributed by atoms with Gasteiger partial charge in [0.15, 0.2) is 0 Å². The lowest BCUT2D eigenvalue weighted by molar-refractivity contribution is -0.140. The molecule has 1 aromatic rings. The van der Waals surface area contributed by atoms with Gasteiger partial charge in [-0.25, -0.2) is 0 Å². The summed E-state index contributed by atoms with van der Waals surface area (Å²) in [5.41, 5.74) is 2.64. The molecule has 0 heterocycles. The number of aliphatic carboxylic acids is 1. The number of phenols is 1. The molecule has 0 unspecified atom stereocenters. The lowest BCUT2D eigenvalue weighted by Crippen LogP contribution is -2.21. The van der Waals surface area contributed by atoms with E-state index in [0.29, 0.717) is 12.8 Å². The number of carboxylic acids is 1. The van der Waals surface area contributed by atoms with Crippen LogP contribution in [0.3, 0.4) is 0 Å². The molecule has 1 saturated carbocycles. The first-order chi connectivity index (χ1) is 7.40. The highest BCUT2D eigenvalue weighted by Gasteiger charge is 2.52. The third-order valence-corrected chi connectivity index (χ3v) is 3.73. The van der Waals surface area contributed by atoms with Crippen molar-refractivity contribution < 1.29 is 15.0 Å². The minimum Gasteiger partial charge on any atom is -0.507 e. The molecule has 0 atom stereocenters. The van der Waals surface area contributed by atoms with Crippen molar-refractivity contribution >= 4 is 5.97 Å². The van der Waals surface area contributed by atoms with Crippen LogP contribution in [0.15, 0.2) is 6.07 Å². The van der Waals surface area contributed by atoms with Crippen LogP contribution in [0.2, 0.25) is 0 Å². The molecule has 1 aromatic carbocycles. The summed E-state index contributed by atoms with van der Waals surface area (Å²) in [6.45, 7) is 5.52. The Bertz CT molecular complexity index is 471. The van der Waals surface area contributed by atoms with Crippen LogP contribution in [0.4, 0.5) is 0 Å². The van der Waals surface area contributed by atoms with Gasteiger partial charge < -0.3 is 10.2 Å². The Morgan fingerprint density at radius 3 is 2.25 bits per heavy atom. The van der Waals surface area contributed by atoms with Gasteiger partial charge in [0.1, 0.15) is 5.75 Å². The zero-order valence-electron chi connectivity index (χ0n) is 9.79. The molecule has 16 heavy (non-hydrogen) atoms. The van der Waals surface area contributed by atoms with Gasteiger partial charge in [-0.1, -0.05) is 6.07 Å². The van der Waals surface area contributed by atoms with E-state index in [1.807, 2.05) is 26.8 Å². The highest BCUT2D eigenvalue weighted by molar-refractivity contribution is 5.86. The second kappa shape index (κ2) is 3.24. The van der Waals surface area contributed by atoms with Gasteiger partial charge in [0, 0.05) is 0 Å². The monoisotopic (exact) mass is 220 g/mol. The van der Waals surface area contributed by atoms with E-state index in [-0.39, 0.29) is 5.75 Å². The van der Waals surface area contributed by atoms with Gasteiger partial charge >= 0.3 is 5.97 Å². The normalized spacial score (nSPS) is 17.2. The Morgan fingerprint density at radius 2 is 1.81 bits per heavy atom. The minimum absolute atomic E-state index is 0.280. The van der Waals surface area contributed by atoms with E-state index in [0.717, 1.165) is 22.3 Å². The SMILES string of the molecule is Cc1cc(C2(C(=O)O)CC2)c(C)c(C)c1O. The molecule has 2 N–H and O–H groups in total. The molecule has 2 rings (SSSR count). The van der Waals surface area contributed by atoms with Crippen LogP contribution >= 0.6 is 0 Å². The highest BCUT2D eigenvalue weighted by Crippen LogP contribution is 2.51. The van der Waals surface area contributed by atoms with Crippen LogP contribution in [0, 0.1) is 20.8 Å². The zero-order chi connectivity index (χ0) is 12.1. The number of phenolic OH excluding ortho intramolecular Hbond substituents is 1. The molecule has 86 valence electrons. The maximum atomic E-state index is 11.3. The Balaban J connectivity index is 2.63. The molecule has 3 heteroatoms. The first-order valence-electron chi connectivity index (χ1n) is 5.44. The maximum Gasteiger partial charge on any atom is 0.314 e. The van der Waals surface area contributed by atoms with Crippen molar-refractivity contribution in [3.8, 4) is 5.75 Å².